The lowest BCUT2D eigenvalue weighted by atomic mass is 10.1. The summed E-state index contributed by atoms with van der Waals surface area (Å²) in [6.07, 6.45) is 1.52. The molecule has 5 rings (SSSR count). The van der Waals surface area contributed by atoms with Crippen molar-refractivity contribution < 1.29 is 19.1 Å². The molecule has 0 spiro atoms. The number of rotatable bonds is 7. The second kappa shape index (κ2) is 9.49. The molecule has 1 aromatic carbocycles. The Balaban J connectivity index is 1.38. The Kier molecular flexibility index (Phi) is 6.11. The highest BCUT2D eigenvalue weighted by Gasteiger charge is 2.18. The van der Waals surface area contributed by atoms with Gasteiger partial charge >= 0.3 is 0 Å². The minimum atomic E-state index is -1.22. The molecule has 3 aromatic heterocycles. The zero-order valence-electron chi connectivity index (χ0n) is 17.9. The van der Waals surface area contributed by atoms with Crippen LogP contribution in [-0.2, 0) is 9.53 Å². The van der Waals surface area contributed by atoms with Crippen LogP contribution in [0.25, 0.3) is 21.4 Å². The third kappa shape index (κ3) is 4.70. The molecule has 2 N–H and O–H groups in total. The number of nitrogens with zero attached hydrogens (tertiary/aromatic N) is 3. The summed E-state index contributed by atoms with van der Waals surface area (Å²) in [6.45, 7) is 2.22. The Morgan fingerprint density at radius 2 is 1.97 bits per heavy atom. The van der Waals surface area contributed by atoms with Crippen molar-refractivity contribution >= 4 is 50.9 Å². The highest BCUT2D eigenvalue weighted by molar-refractivity contribution is 7.17. The number of morpholine rings is 1. The summed E-state index contributed by atoms with van der Waals surface area (Å²) in [7, 11) is 0. The molecule has 4 heterocycles. The summed E-state index contributed by atoms with van der Waals surface area (Å²) in [5.41, 5.74) is 3.03. The molecule has 1 fully saturated rings. The molecule has 1 saturated heterocycles. The van der Waals surface area contributed by atoms with E-state index in [9.17, 15) is 14.7 Å². The molecule has 34 heavy (non-hydrogen) atoms. The van der Waals surface area contributed by atoms with Crippen molar-refractivity contribution in [1.82, 2.24) is 9.97 Å². The molecular weight excluding hydrogens is 458 g/mol. The van der Waals surface area contributed by atoms with Crippen LogP contribution >= 0.6 is 11.3 Å². The van der Waals surface area contributed by atoms with Crippen LogP contribution in [0.15, 0.2) is 57.2 Å². The Bertz CT molecular complexity index is 1380. The fraction of sp³-hybridized carbons (Fsp3) is 0.217. The van der Waals surface area contributed by atoms with E-state index in [1.807, 2.05) is 34.5 Å². The van der Waals surface area contributed by atoms with Gasteiger partial charge in [-0.05, 0) is 23.8 Å². The summed E-state index contributed by atoms with van der Waals surface area (Å²) in [4.78, 5) is 33.7. The molecule has 0 bridgehead atoms. The highest BCUT2D eigenvalue weighted by Crippen LogP contribution is 2.35. The number of hydrogen-bond acceptors (Lipinski definition) is 11. The first-order valence-corrected chi connectivity index (χ1v) is 11.5. The molecule has 0 radical (unpaired) electrons. The van der Waals surface area contributed by atoms with Gasteiger partial charge < -0.3 is 34.6 Å². The van der Waals surface area contributed by atoms with E-state index in [2.05, 4.69) is 20.6 Å². The maximum atomic E-state index is 12.7. The van der Waals surface area contributed by atoms with Gasteiger partial charge in [0.05, 0.1) is 25.7 Å². The van der Waals surface area contributed by atoms with Crippen LogP contribution in [0.2, 0.25) is 0 Å². The zero-order valence-corrected chi connectivity index (χ0v) is 18.8. The topological polar surface area (TPSA) is 133 Å². The molecule has 1 aliphatic heterocycles. The number of benzene rings is 1. The minimum Gasteiger partial charge on any atom is -0.548 e. The molecule has 0 saturated carbocycles. The lowest BCUT2D eigenvalue weighted by Crippen LogP contribution is -2.36. The van der Waals surface area contributed by atoms with E-state index in [1.54, 1.807) is 12.1 Å². The normalized spacial score (nSPS) is 13.7. The fourth-order valence-electron chi connectivity index (χ4n) is 3.61. The number of thiophene rings is 1. The summed E-state index contributed by atoms with van der Waals surface area (Å²) in [5, 5.41) is 18.3. The predicted molar refractivity (Wildman–Crippen MR) is 128 cm³/mol. The second-order valence-electron chi connectivity index (χ2n) is 7.55. The van der Waals surface area contributed by atoms with Gasteiger partial charge in [0.25, 0.3) is 0 Å². The van der Waals surface area contributed by atoms with Crippen LogP contribution in [0.3, 0.4) is 0 Å². The number of carboxylic acids is 1. The number of carboxylic acid groups (broad SMARTS) is 1. The number of ether oxygens (including phenoxy) is 1. The number of carbonyl (C=O) groups excluding carboxylic acids is 1. The number of carbonyl (C=O) groups is 1. The van der Waals surface area contributed by atoms with Crippen molar-refractivity contribution in [2.75, 3.05) is 48.4 Å². The van der Waals surface area contributed by atoms with E-state index in [4.69, 9.17) is 9.15 Å². The fourth-order valence-corrected chi connectivity index (χ4v) is 4.52. The van der Waals surface area contributed by atoms with Crippen LogP contribution in [0, 0.1) is 0 Å². The first kappa shape index (κ1) is 21.9. The zero-order chi connectivity index (χ0) is 23.5. The molecular formula is C23H20N5O5S-. The van der Waals surface area contributed by atoms with Crippen LogP contribution in [0.5, 0.6) is 0 Å². The summed E-state index contributed by atoms with van der Waals surface area (Å²) < 4.78 is 12.2. The van der Waals surface area contributed by atoms with Gasteiger partial charge in [0.2, 0.25) is 11.4 Å². The molecule has 11 heteroatoms. The lowest BCUT2D eigenvalue weighted by molar-refractivity contribution is -0.302. The van der Waals surface area contributed by atoms with E-state index < -0.39 is 5.97 Å². The molecule has 0 atom stereocenters. The van der Waals surface area contributed by atoms with Gasteiger partial charge in [0.15, 0.2) is 11.5 Å². The van der Waals surface area contributed by atoms with Crippen molar-refractivity contribution in [3.8, 4) is 11.1 Å². The minimum absolute atomic E-state index is 0.0541. The van der Waals surface area contributed by atoms with E-state index in [1.165, 1.54) is 17.5 Å². The standard InChI is InChI=1S/C23H21N5O5S/c29-17-11-19(28-7-9-32-10-8-28)33-21-16(13-34-22(17)21)14-1-3-15(4-2-14)26-23-24-6-5-18(27-23)25-12-20(30)31/h1-6,11,13H,7-10,12H2,(H,30,31)(H2,24,25,26,27)/p-1. The third-order valence-corrected chi connectivity index (χ3v) is 6.25. The molecule has 0 unspecified atom stereocenters. The largest absolute Gasteiger partial charge is 0.548 e. The Hall–Kier alpha value is -3.96. The monoisotopic (exact) mass is 478 g/mol. The average Bonchev–Trinajstić information content (AvgIpc) is 3.29. The number of hydrogen-bond donors (Lipinski definition) is 2. The van der Waals surface area contributed by atoms with Crippen molar-refractivity contribution in [3.63, 3.8) is 0 Å². The number of anilines is 4. The Morgan fingerprint density at radius 1 is 1.18 bits per heavy atom. The quantitative estimate of drug-likeness (QED) is 0.407. The molecule has 174 valence electrons. The van der Waals surface area contributed by atoms with Gasteiger partial charge in [-0.2, -0.15) is 4.98 Å². The van der Waals surface area contributed by atoms with Crippen LogP contribution in [0.4, 0.5) is 23.3 Å². The van der Waals surface area contributed by atoms with Crippen molar-refractivity contribution in [3.05, 3.63) is 58.2 Å². The lowest BCUT2D eigenvalue weighted by Gasteiger charge is -2.27. The van der Waals surface area contributed by atoms with E-state index >= 15 is 0 Å². The molecule has 10 nitrogen and oxygen atoms in total. The SMILES string of the molecule is O=C([O-])CNc1ccnc(Nc2ccc(-c3csc4c(=O)cc(N5CCOCC5)oc34)cc2)n1. The van der Waals surface area contributed by atoms with Gasteiger partial charge in [-0.3, -0.25) is 4.79 Å². The van der Waals surface area contributed by atoms with Gasteiger partial charge in [0.1, 0.15) is 10.5 Å². The summed E-state index contributed by atoms with van der Waals surface area (Å²) >= 11 is 1.37. The van der Waals surface area contributed by atoms with Crippen LogP contribution in [0.1, 0.15) is 0 Å². The van der Waals surface area contributed by atoms with Gasteiger partial charge in [-0.15, -0.1) is 11.3 Å². The molecule has 0 aliphatic carbocycles. The number of aliphatic carboxylic acids is 1. The molecule has 1 aliphatic rings. The van der Waals surface area contributed by atoms with E-state index in [-0.39, 0.29) is 12.0 Å². The summed E-state index contributed by atoms with van der Waals surface area (Å²) in [5.74, 6) is 0.0213. The predicted octanol–water partition coefficient (Wildman–Crippen LogP) is 2.05. The average molecular weight is 479 g/mol. The Morgan fingerprint density at radius 3 is 2.74 bits per heavy atom. The molecule has 0 amide bonds. The van der Waals surface area contributed by atoms with Crippen LogP contribution < -0.4 is 26.1 Å². The number of fused-ring (bicyclic) bond motifs is 1. The Labute approximate surface area is 197 Å². The van der Waals surface area contributed by atoms with Crippen molar-refractivity contribution in [1.29, 1.82) is 0 Å². The molecule has 4 aromatic rings. The third-order valence-electron chi connectivity index (χ3n) is 5.27. The maximum Gasteiger partial charge on any atom is 0.229 e. The second-order valence-corrected chi connectivity index (χ2v) is 8.43. The first-order chi connectivity index (χ1) is 16.6. The van der Waals surface area contributed by atoms with Gasteiger partial charge in [-0.25, -0.2) is 4.98 Å². The van der Waals surface area contributed by atoms with Crippen molar-refractivity contribution in [2.45, 2.75) is 0 Å². The maximum absolute atomic E-state index is 12.7. The number of aromatic nitrogens is 2. The first-order valence-electron chi connectivity index (χ1n) is 10.6. The highest BCUT2D eigenvalue weighted by atomic mass is 32.1. The van der Waals surface area contributed by atoms with Gasteiger partial charge in [0, 0.05) is 42.0 Å². The van der Waals surface area contributed by atoms with Crippen molar-refractivity contribution in [2.24, 2.45) is 0 Å². The van der Waals surface area contributed by atoms with E-state index in [0.717, 1.165) is 16.8 Å². The van der Waals surface area contributed by atoms with Crippen LogP contribution in [-0.4, -0.2) is 48.8 Å². The van der Waals surface area contributed by atoms with E-state index in [0.29, 0.717) is 54.2 Å². The van der Waals surface area contributed by atoms with Gasteiger partial charge in [-0.1, -0.05) is 12.1 Å². The number of nitrogens with one attached hydrogen (secondary N) is 2. The summed E-state index contributed by atoms with van der Waals surface area (Å²) in [6, 6.07) is 10.7. The smallest absolute Gasteiger partial charge is 0.229 e.